The molecule has 0 amide bonds. The smallest absolute Gasteiger partial charge is 0.311 e. The predicted molar refractivity (Wildman–Crippen MR) is 197 cm³/mol. The molecule has 0 radical (unpaired) electrons. The molecule has 4 saturated heterocycles. The van der Waals surface area contributed by atoms with Crippen LogP contribution in [0.5, 0.6) is 0 Å². The number of carbonyl (C=O) groups is 1. The molecule has 1 spiro atoms. The number of ether oxygens (including phenoxy) is 8. The first kappa shape index (κ1) is 44.7. The number of nitrogens with zero attached hydrogens (tertiary/aromatic N) is 1. The lowest BCUT2D eigenvalue weighted by Gasteiger charge is -2.49. The molecule has 4 N–H and O–H groups in total. The van der Waals surface area contributed by atoms with Gasteiger partial charge in [0.15, 0.2) is 12.6 Å². The molecule has 0 aromatic rings. The molecule has 4 fully saturated rings. The monoisotopic (exact) mass is 761 g/mol. The zero-order chi connectivity index (χ0) is 39.8. The van der Waals surface area contributed by atoms with Gasteiger partial charge in [-0.25, -0.2) is 0 Å². The topological polar surface area (TPSA) is 170 Å². The Hall–Kier alpha value is -1.01. The number of aliphatic hydroxyl groups is 3. The SMILES string of the molecule is CC[C@H]1OC(=O)[C@H](C)[C@@H](O[C@H]2C[C@@](C)(OC)[C@]3(CO3)[C@H](C)O2)[C@H](C)[C@@H](OC2O[C@H](C)C[C@H](N(C)C)[C@H]2OC)C(C)(O)C[C@@H](C)CN[C@H](C)[C@@H](O)[C@]1(C)O. The van der Waals surface area contributed by atoms with Crippen LogP contribution in [0, 0.1) is 17.8 Å². The number of methoxy groups -OCH3 is 2. The molecule has 4 rings (SSSR count). The fourth-order valence-corrected chi connectivity index (χ4v) is 9.27. The van der Waals surface area contributed by atoms with E-state index in [4.69, 9.17) is 37.9 Å². The van der Waals surface area contributed by atoms with Gasteiger partial charge in [-0.15, -0.1) is 0 Å². The van der Waals surface area contributed by atoms with Gasteiger partial charge < -0.3 is 63.4 Å². The Bertz CT molecular complexity index is 1200. The first-order chi connectivity index (χ1) is 24.6. The van der Waals surface area contributed by atoms with Crippen molar-refractivity contribution in [1.82, 2.24) is 10.2 Å². The third-order valence-corrected chi connectivity index (χ3v) is 12.9. The number of cyclic esters (lactones) is 1. The van der Waals surface area contributed by atoms with Crippen molar-refractivity contribution in [2.75, 3.05) is 41.5 Å². The molecule has 4 aliphatic heterocycles. The Balaban J connectivity index is 1.80. The van der Waals surface area contributed by atoms with E-state index in [0.29, 0.717) is 19.6 Å². The van der Waals surface area contributed by atoms with Gasteiger partial charge in [0.25, 0.3) is 0 Å². The van der Waals surface area contributed by atoms with E-state index in [9.17, 15) is 20.1 Å². The molecule has 0 aliphatic carbocycles. The summed E-state index contributed by atoms with van der Waals surface area (Å²) in [5.74, 6) is -2.33. The number of likely N-dealkylation sites (N-methyl/N-ethyl adjacent to an activating group) is 1. The lowest BCUT2D eigenvalue weighted by atomic mass is 9.77. The van der Waals surface area contributed by atoms with Gasteiger partial charge in [0.05, 0.1) is 42.5 Å². The zero-order valence-corrected chi connectivity index (χ0v) is 34.8. The molecular formula is C39H72N2O12. The number of hydrogen-bond acceptors (Lipinski definition) is 14. The number of epoxide rings is 1. The van der Waals surface area contributed by atoms with Gasteiger partial charge in [0.1, 0.15) is 35.1 Å². The second-order valence-electron chi connectivity index (χ2n) is 17.5. The minimum absolute atomic E-state index is 0.0205. The summed E-state index contributed by atoms with van der Waals surface area (Å²) < 4.78 is 50.7. The number of hydrogen-bond donors (Lipinski definition) is 4. The summed E-state index contributed by atoms with van der Waals surface area (Å²) in [5.41, 5.74) is -4.59. The van der Waals surface area contributed by atoms with E-state index < -0.39 is 89.4 Å². The van der Waals surface area contributed by atoms with Gasteiger partial charge in [-0.05, 0) is 94.3 Å². The second kappa shape index (κ2) is 17.2. The van der Waals surface area contributed by atoms with Crippen LogP contribution in [0.2, 0.25) is 0 Å². The van der Waals surface area contributed by atoms with E-state index in [2.05, 4.69) is 10.2 Å². The van der Waals surface area contributed by atoms with Crippen LogP contribution in [0.4, 0.5) is 0 Å². The van der Waals surface area contributed by atoms with Crippen molar-refractivity contribution in [3.63, 3.8) is 0 Å². The number of carbonyl (C=O) groups excluding carboxylic acids is 1. The molecule has 310 valence electrons. The summed E-state index contributed by atoms with van der Waals surface area (Å²) in [7, 11) is 7.27. The highest BCUT2D eigenvalue weighted by Crippen LogP contribution is 2.51. The fraction of sp³-hybridized carbons (Fsp3) is 0.974. The largest absolute Gasteiger partial charge is 0.459 e. The van der Waals surface area contributed by atoms with Gasteiger partial charge in [0.2, 0.25) is 0 Å². The molecular weight excluding hydrogens is 688 g/mol. The highest BCUT2D eigenvalue weighted by molar-refractivity contribution is 5.73. The lowest BCUT2D eigenvalue weighted by Crippen LogP contribution is -2.61. The quantitative estimate of drug-likeness (QED) is 0.210. The van der Waals surface area contributed by atoms with Gasteiger partial charge in [0, 0.05) is 38.6 Å². The maximum atomic E-state index is 14.3. The minimum Gasteiger partial charge on any atom is -0.459 e. The van der Waals surface area contributed by atoms with Crippen LogP contribution in [-0.4, -0.2) is 157 Å². The van der Waals surface area contributed by atoms with Gasteiger partial charge in [-0.1, -0.05) is 20.8 Å². The number of nitrogens with one attached hydrogen (secondary N) is 1. The normalized spacial score (nSPS) is 50.7. The van der Waals surface area contributed by atoms with Gasteiger partial charge in [-0.2, -0.15) is 0 Å². The predicted octanol–water partition coefficient (Wildman–Crippen LogP) is 2.62. The third-order valence-electron chi connectivity index (χ3n) is 12.9. The van der Waals surface area contributed by atoms with E-state index in [1.807, 2.05) is 48.7 Å². The van der Waals surface area contributed by atoms with E-state index in [0.717, 1.165) is 6.42 Å². The maximum Gasteiger partial charge on any atom is 0.311 e. The second-order valence-corrected chi connectivity index (χ2v) is 17.5. The van der Waals surface area contributed by atoms with Gasteiger partial charge in [-0.3, -0.25) is 4.79 Å². The van der Waals surface area contributed by atoms with Crippen molar-refractivity contribution in [3.05, 3.63) is 0 Å². The molecule has 18 atom stereocenters. The molecule has 53 heavy (non-hydrogen) atoms. The summed E-state index contributed by atoms with van der Waals surface area (Å²) in [5, 5.41) is 38.9. The van der Waals surface area contributed by atoms with Crippen molar-refractivity contribution >= 4 is 5.97 Å². The van der Waals surface area contributed by atoms with Crippen molar-refractivity contribution in [3.8, 4) is 0 Å². The molecule has 4 aliphatic rings. The Morgan fingerprint density at radius 2 is 1.60 bits per heavy atom. The molecule has 2 unspecified atom stereocenters. The number of rotatable bonds is 8. The molecule has 0 aromatic carbocycles. The summed E-state index contributed by atoms with van der Waals surface area (Å²) in [4.78, 5) is 16.4. The molecule has 0 aromatic heterocycles. The third kappa shape index (κ3) is 9.26. The molecule has 14 heteroatoms. The Labute approximate surface area is 317 Å². The Kier molecular flexibility index (Phi) is 14.5. The first-order valence-electron chi connectivity index (χ1n) is 19.7. The molecule has 14 nitrogen and oxygen atoms in total. The number of esters is 1. The van der Waals surface area contributed by atoms with Crippen LogP contribution in [-0.2, 0) is 42.7 Å². The van der Waals surface area contributed by atoms with Crippen molar-refractivity contribution in [1.29, 1.82) is 0 Å². The van der Waals surface area contributed by atoms with E-state index >= 15 is 0 Å². The highest BCUT2D eigenvalue weighted by Gasteiger charge is 2.67. The van der Waals surface area contributed by atoms with E-state index in [1.54, 1.807) is 41.9 Å². The summed E-state index contributed by atoms with van der Waals surface area (Å²) in [6.45, 7) is 19.3. The van der Waals surface area contributed by atoms with Gasteiger partial charge >= 0.3 is 5.97 Å². The average molecular weight is 761 g/mol. The van der Waals surface area contributed by atoms with Crippen LogP contribution >= 0.6 is 0 Å². The Morgan fingerprint density at radius 1 is 0.962 bits per heavy atom. The van der Waals surface area contributed by atoms with Crippen LogP contribution in [0.3, 0.4) is 0 Å². The first-order valence-corrected chi connectivity index (χ1v) is 19.7. The number of aliphatic hydroxyl groups excluding tert-OH is 1. The molecule has 0 bridgehead atoms. The lowest BCUT2D eigenvalue weighted by molar-refractivity contribution is -0.317. The van der Waals surface area contributed by atoms with Crippen LogP contribution < -0.4 is 5.32 Å². The van der Waals surface area contributed by atoms with Crippen molar-refractivity contribution in [2.45, 2.75) is 185 Å². The average Bonchev–Trinajstić information content (AvgIpc) is 3.90. The summed E-state index contributed by atoms with van der Waals surface area (Å²) in [6.07, 6.45) is -5.24. The fourth-order valence-electron chi connectivity index (χ4n) is 9.27. The minimum atomic E-state index is -1.77. The van der Waals surface area contributed by atoms with Crippen LogP contribution in [0.15, 0.2) is 0 Å². The maximum absolute atomic E-state index is 14.3. The summed E-state index contributed by atoms with van der Waals surface area (Å²) >= 11 is 0. The Morgan fingerprint density at radius 3 is 2.15 bits per heavy atom. The van der Waals surface area contributed by atoms with Crippen LogP contribution in [0.1, 0.15) is 94.9 Å². The molecule has 0 saturated carbocycles. The summed E-state index contributed by atoms with van der Waals surface area (Å²) in [6, 6.07) is -0.579. The van der Waals surface area contributed by atoms with Crippen LogP contribution in [0.25, 0.3) is 0 Å². The van der Waals surface area contributed by atoms with Crippen molar-refractivity contribution in [2.24, 2.45) is 17.8 Å². The standard InChI is InChI=1S/C39H72N2O12/c1-15-28-38(10,45)32(42)25(6)40-19-21(2)17-36(8,44)33(53-35-31(46-13)27(41(11)12)16-22(3)49-35)23(4)30(24(5)34(43)51-28)52-29-18-37(9,47-14)39(20-48-39)26(7)50-29/h21-33,35,40,42,44-45H,15-20H2,1-14H3/t21-,22-,23+,24-,25-,26+,27+,28-,29+,30+,31-,32-,33-,35?,36?,37-,38-,39+/m1/s1. The zero-order valence-electron chi connectivity index (χ0n) is 34.8. The van der Waals surface area contributed by atoms with E-state index in [1.165, 1.54) is 6.92 Å². The van der Waals surface area contributed by atoms with E-state index in [-0.39, 0.29) is 37.0 Å². The molecule has 4 heterocycles. The highest BCUT2D eigenvalue weighted by atomic mass is 16.7. The van der Waals surface area contributed by atoms with Crippen molar-refractivity contribution < 1.29 is 58.0 Å².